The van der Waals surface area contributed by atoms with Gasteiger partial charge in [-0.3, -0.25) is 9.97 Å². The third-order valence-electron chi connectivity index (χ3n) is 5.95. The summed E-state index contributed by atoms with van der Waals surface area (Å²) in [4.78, 5) is 20.2. The van der Waals surface area contributed by atoms with E-state index in [2.05, 4.69) is 46.1 Å². The van der Waals surface area contributed by atoms with E-state index in [9.17, 15) is 5.11 Å². The predicted molar refractivity (Wildman–Crippen MR) is 135 cm³/mol. The zero-order chi connectivity index (χ0) is 23.8. The summed E-state index contributed by atoms with van der Waals surface area (Å²) in [6.07, 6.45) is 10.8. The van der Waals surface area contributed by atoms with Crippen molar-refractivity contribution in [3.05, 3.63) is 36.3 Å². The van der Waals surface area contributed by atoms with Crippen molar-refractivity contribution in [3.63, 3.8) is 0 Å². The van der Waals surface area contributed by atoms with Crippen LogP contribution in [0.1, 0.15) is 58.4 Å². The number of aliphatic hydroxyl groups excluding tert-OH is 1. The van der Waals surface area contributed by atoms with Crippen molar-refractivity contribution >= 4 is 22.8 Å². The van der Waals surface area contributed by atoms with Gasteiger partial charge in [0.2, 0.25) is 5.95 Å². The monoisotopic (exact) mass is 451 g/mol. The molecule has 3 heterocycles. The molecule has 0 saturated heterocycles. The van der Waals surface area contributed by atoms with Crippen LogP contribution in [0.2, 0.25) is 0 Å². The van der Waals surface area contributed by atoms with E-state index in [-0.39, 0.29) is 12.6 Å². The van der Waals surface area contributed by atoms with Crippen molar-refractivity contribution < 1.29 is 5.11 Å². The van der Waals surface area contributed by atoms with E-state index in [1.54, 1.807) is 6.20 Å². The minimum absolute atomic E-state index is 0.0115. The summed E-state index contributed by atoms with van der Waals surface area (Å²) in [5.74, 6) is 0.722. The molecule has 0 spiro atoms. The summed E-state index contributed by atoms with van der Waals surface area (Å²) in [5, 5.41) is 13.4. The van der Waals surface area contributed by atoms with Crippen LogP contribution < -0.4 is 11.1 Å². The van der Waals surface area contributed by atoms with Gasteiger partial charge in [0.1, 0.15) is 5.52 Å². The number of pyridine rings is 2. The van der Waals surface area contributed by atoms with Crippen molar-refractivity contribution in [3.8, 4) is 11.1 Å². The largest absolute Gasteiger partial charge is 0.394 e. The van der Waals surface area contributed by atoms with E-state index in [4.69, 9.17) is 10.7 Å². The first-order valence-electron chi connectivity index (χ1n) is 11.8. The zero-order valence-corrected chi connectivity index (χ0v) is 20.3. The van der Waals surface area contributed by atoms with Gasteiger partial charge in [0.15, 0.2) is 5.82 Å². The van der Waals surface area contributed by atoms with Gasteiger partial charge in [-0.1, -0.05) is 33.1 Å². The molecule has 0 amide bonds. The van der Waals surface area contributed by atoms with Crippen molar-refractivity contribution in [1.82, 2.24) is 24.8 Å². The van der Waals surface area contributed by atoms with Gasteiger partial charge in [0.05, 0.1) is 17.7 Å². The average molecular weight is 452 g/mol. The third kappa shape index (κ3) is 6.36. The first kappa shape index (κ1) is 24.8. The molecule has 3 aromatic rings. The van der Waals surface area contributed by atoms with E-state index >= 15 is 0 Å². The number of nitrogens with two attached hydrogens (primary N) is 1. The highest BCUT2D eigenvalue weighted by Crippen LogP contribution is 2.30. The number of nitrogens with zero attached hydrogens (tertiary/aromatic N) is 5. The summed E-state index contributed by atoms with van der Waals surface area (Å²) in [5.41, 5.74) is 10.0. The lowest BCUT2D eigenvalue weighted by Gasteiger charge is -2.29. The van der Waals surface area contributed by atoms with Crippen LogP contribution in [0.5, 0.6) is 0 Å². The Morgan fingerprint density at radius 2 is 1.94 bits per heavy atom. The second kappa shape index (κ2) is 11.3. The molecule has 0 aliphatic carbocycles. The number of anilines is 2. The van der Waals surface area contributed by atoms with Gasteiger partial charge < -0.3 is 21.1 Å². The Morgan fingerprint density at radius 1 is 1.15 bits per heavy atom. The van der Waals surface area contributed by atoms with Gasteiger partial charge in [-0.05, 0) is 56.6 Å². The Morgan fingerprint density at radius 3 is 2.67 bits per heavy atom. The number of aromatic nitrogens is 4. The maximum absolute atomic E-state index is 10.00. The summed E-state index contributed by atoms with van der Waals surface area (Å²) >= 11 is 0. The van der Waals surface area contributed by atoms with E-state index in [0.29, 0.717) is 16.9 Å². The fraction of sp³-hybridized carbons (Fsp3) is 0.520. The van der Waals surface area contributed by atoms with Crippen LogP contribution in [-0.2, 0) is 6.54 Å². The average Bonchev–Trinajstić information content (AvgIpc) is 2.81. The third-order valence-corrected chi connectivity index (χ3v) is 5.95. The van der Waals surface area contributed by atoms with Crippen molar-refractivity contribution in [2.75, 3.05) is 31.2 Å². The van der Waals surface area contributed by atoms with Crippen molar-refractivity contribution in [2.45, 2.75) is 65.0 Å². The number of nitrogens with one attached hydrogen (secondary N) is 1. The highest BCUT2D eigenvalue weighted by Gasteiger charge is 2.25. The molecule has 0 bridgehead atoms. The molecule has 0 unspecified atom stereocenters. The van der Waals surface area contributed by atoms with Crippen molar-refractivity contribution in [1.29, 1.82) is 0 Å². The SMILES string of the molecule is CCCCN(C)Cc1cnccc1-c1cnc2c(N[C@@](C)(CO)CCCC)nc(N)nc2c1. The van der Waals surface area contributed by atoms with Gasteiger partial charge in [-0.25, -0.2) is 4.98 Å². The molecule has 8 nitrogen and oxygen atoms in total. The van der Waals surface area contributed by atoms with Gasteiger partial charge in [-0.15, -0.1) is 0 Å². The lowest BCUT2D eigenvalue weighted by molar-refractivity contribution is 0.212. The van der Waals surface area contributed by atoms with Gasteiger partial charge in [0.25, 0.3) is 0 Å². The Balaban J connectivity index is 1.96. The summed E-state index contributed by atoms with van der Waals surface area (Å²) < 4.78 is 0. The smallest absolute Gasteiger partial charge is 0.222 e. The molecule has 3 aromatic heterocycles. The Labute approximate surface area is 196 Å². The first-order valence-corrected chi connectivity index (χ1v) is 11.8. The predicted octanol–water partition coefficient (Wildman–Crippen LogP) is 4.25. The Hall–Kier alpha value is -2.84. The number of aliphatic hydroxyl groups is 1. The standard InChI is InChI=1S/C25H37N7O/c1-5-7-10-25(3,17-33)31-23-22-21(29-24(26)30-23)13-18(15-28-22)20-9-11-27-14-19(20)16-32(4)12-8-6-2/h9,11,13-15,33H,5-8,10,12,16-17H2,1-4H3,(H3,26,29,30,31)/t25-/m1/s1. The second-order valence-electron chi connectivity index (χ2n) is 9.09. The Bertz CT molecular complexity index is 1060. The second-order valence-corrected chi connectivity index (χ2v) is 9.09. The number of hydrogen-bond acceptors (Lipinski definition) is 8. The fourth-order valence-electron chi connectivity index (χ4n) is 3.94. The summed E-state index contributed by atoms with van der Waals surface area (Å²) in [6.45, 7) is 8.16. The maximum Gasteiger partial charge on any atom is 0.222 e. The molecule has 178 valence electrons. The molecule has 0 aliphatic heterocycles. The van der Waals surface area contributed by atoms with Crippen LogP contribution >= 0.6 is 0 Å². The van der Waals surface area contributed by atoms with Crippen LogP contribution in [0.4, 0.5) is 11.8 Å². The van der Waals surface area contributed by atoms with E-state index < -0.39 is 5.54 Å². The van der Waals surface area contributed by atoms with Crippen LogP contribution in [-0.4, -0.2) is 55.7 Å². The first-order chi connectivity index (χ1) is 15.9. The quantitative estimate of drug-likeness (QED) is 0.374. The summed E-state index contributed by atoms with van der Waals surface area (Å²) in [7, 11) is 2.13. The number of nitrogen functional groups attached to an aromatic ring is 1. The molecule has 0 aliphatic rings. The molecule has 0 fully saturated rings. The van der Waals surface area contributed by atoms with E-state index in [0.717, 1.165) is 49.0 Å². The van der Waals surface area contributed by atoms with Gasteiger partial charge >= 0.3 is 0 Å². The molecule has 0 saturated carbocycles. The topological polar surface area (TPSA) is 113 Å². The Kier molecular flexibility index (Phi) is 8.52. The van der Waals surface area contributed by atoms with Gasteiger partial charge in [-0.2, -0.15) is 4.98 Å². The molecule has 1 atom stereocenters. The van der Waals surface area contributed by atoms with E-state index in [1.807, 2.05) is 31.5 Å². The molecule has 8 heteroatoms. The van der Waals surface area contributed by atoms with Crippen LogP contribution in [0, 0.1) is 0 Å². The number of fused-ring (bicyclic) bond motifs is 1. The number of hydrogen-bond donors (Lipinski definition) is 3. The minimum Gasteiger partial charge on any atom is -0.394 e. The molecular formula is C25H37N7O. The molecular weight excluding hydrogens is 414 g/mol. The number of unbranched alkanes of at least 4 members (excludes halogenated alkanes) is 2. The lowest BCUT2D eigenvalue weighted by Crippen LogP contribution is -2.39. The number of rotatable bonds is 12. The molecule has 3 rings (SSSR count). The molecule has 33 heavy (non-hydrogen) atoms. The summed E-state index contributed by atoms with van der Waals surface area (Å²) in [6, 6.07) is 4.02. The minimum atomic E-state index is -0.509. The highest BCUT2D eigenvalue weighted by molar-refractivity contribution is 5.89. The lowest BCUT2D eigenvalue weighted by atomic mass is 9.96. The highest BCUT2D eigenvalue weighted by atomic mass is 16.3. The normalized spacial score (nSPS) is 13.4. The van der Waals surface area contributed by atoms with Crippen LogP contribution in [0.25, 0.3) is 22.2 Å². The maximum atomic E-state index is 10.00. The van der Waals surface area contributed by atoms with Crippen LogP contribution in [0.15, 0.2) is 30.7 Å². The molecule has 0 aromatic carbocycles. The van der Waals surface area contributed by atoms with E-state index in [1.165, 1.54) is 12.8 Å². The van der Waals surface area contributed by atoms with Crippen LogP contribution in [0.3, 0.4) is 0 Å². The van der Waals surface area contributed by atoms with Crippen molar-refractivity contribution in [2.24, 2.45) is 0 Å². The zero-order valence-electron chi connectivity index (χ0n) is 20.3. The fourth-order valence-corrected chi connectivity index (χ4v) is 3.94. The van der Waals surface area contributed by atoms with Gasteiger partial charge in [0, 0.05) is 30.7 Å². The molecule has 4 N–H and O–H groups in total. The molecule has 0 radical (unpaired) electrons.